The number of aryl methyl sites for hydroxylation is 1. The van der Waals surface area contributed by atoms with Gasteiger partial charge in [0.2, 0.25) is 5.91 Å². The van der Waals surface area contributed by atoms with Gasteiger partial charge in [-0.05, 0) is 12.1 Å². The highest BCUT2D eigenvalue weighted by atomic mass is 16.5. The number of anilines is 1. The molecular weight excluding hydrogens is 280 g/mol. The molecule has 0 aliphatic carbocycles. The van der Waals surface area contributed by atoms with Crippen LogP contribution in [0.4, 0.5) is 5.69 Å². The summed E-state index contributed by atoms with van der Waals surface area (Å²) in [7, 11) is 1.97. The molecule has 1 fully saturated rings. The van der Waals surface area contributed by atoms with Crippen molar-refractivity contribution in [1.29, 1.82) is 0 Å². The fraction of sp³-hybridized carbons (Fsp3) is 0.375. The summed E-state index contributed by atoms with van der Waals surface area (Å²) in [5.74, 6) is 1.74. The molecule has 0 saturated carbocycles. The zero-order valence-corrected chi connectivity index (χ0v) is 12.4. The number of amides is 1. The summed E-state index contributed by atoms with van der Waals surface area (Å²) in [5.41, 5.74) is 0.751. The van der Waals surface area contributed by atoms with Gasteiger partial charge in [0.25, 0.3) is 0 Å². The number of para-hydroxylation sites is 2. The van der Waals surface area contributed by atoms with Gasteiger partial charge in [0, 0.05) is 32.4 Å². The summed E-state index contributed by atoms with van der Waals surface area (Å²) >= 11 is 0. The normalized spacial score (nSPS) is 24.1. The van der Waals surface area contributed by atoms with E-state index in [1.165, 1.54) is 0 Å². The molecule has 114 valence electrons. The van der Waals surface area contributed by atoms with Crippen LogP contribution in [0.15, 0.2) is 36.7 Å². The van der Waals surface area contributed by atoms with Gasteiger partial charge in [-0.2, -0.15) is 0 Å². The van der Waals surface area contributed by atoms with Gasteiger partial charge in [0.15, 0.2) is 0 Å². The second-order valence-corrected chi connectivity index (χ2v) is 5.86. The highest BCUT2D eigenvalue weighted by Gasteiger charge is 2.40. The standard InChI is InChI=1S/C16H18N4O2/c1-19-7-6-17-15(19)10-20-9-11-8-13(20)16(21)18-12-4-2-3-5-14(12)22-11/h2-7,11,13H,8-10H2,1H3,(H,18,21). The third-order valence-corrected chi connectivity index (χ3v) is 4.37. The third kappa shape index (κ3) is 2.25. The van der Waals surface area contributed by atoms with Gasteiger partial charge in [-0.1, -0.05) is 12.1 Å². The average Bonchev–Trinajstić information content (AvgIpc) is 3.08. The fourth-order valence-electron chi connectivity index (χ4n) is 3.19. The molecule has 2 bridgehead atoms. The third-order valence-electron chi connectivity index (χ3n) is 4.37. The second-order valence-electron chi connectivity index (χ2n) is 5.86. The zero-order chi connectivity index (χ0) is 15.1. The van der Waals surface area contributed by atoms with E-state index in [9.17, 15) is 4.79 Å². The van der Waals surface area contributed by atoms with Gasteiger partial charge >= 0.3 is 0 Å². The lowest BCUT2D eigenvalue weighted by Gasteiger charge is -2.23. The lowest BCUT2D eigenvalue weighted by atomic mass is 10.1. The van der Waals surface area contributed by atoms with E-state index in [0.29, 0.717) is 13.0 Å². The Hall–Kier alpha value is -2.34. The molecule has 2 aliphatic rings. The van der Waals surface area contributed by atoms with Crippen molar-refractivity contribution in [3.8, 4) is 5.75 Å². The Morgan fingerprint density at radius 1 is 1.41 bits per heavy atom. The largest absolute Gasteiger partial charge is 0.487 e. The highest BCUT2D eigenvalue weighted by Crippen LogP contribution is 2.32. The molecule has 6 nitrogen and oxygen atoms in total. The van der Waals surface area contributed by atoms with E-state index in [0.717, 1.165) is 23.8 Å². The number of carbonyl (C=O) groups is 1. The van der Waals surface area contributed by atoms with Crippen LogP contribution in [0.2, 0.25) is 0 Å². The summed E-state index contributed by atoms with van der Waals surface area (Å²) in [4.78, 5) is 19.1. The molecule has 1 aromatic carbocycles. The molecule has 2 atom stereocenters. The molecule has 4 rings (SSSR count). The molecule has 3 heterocycles. The number of hydrogen-bond acceptors (Lipinski definition) is 4. The first kappa shape index (κ1) is 13.3. The number of ether oxygens (including phenoxy) is 1. The smallest absolute Gasteiger partial charge is 0.241 e. The lowest BCUT2D eigenvalue weighted by Crippen LogP contribution is -2.39. The number of rotatable bonds is 2. The number of hydrogen-bond donors (Lipinski definition) is 1. The first-order valence-electron chi connectivity index (χ1n) is 7.47. The highest BCUT2D eigenvalue weighted by molar-refractivity contribution is 5.96. The van der Waals surface area contributed by atoms with Gasteiger partial charge < -0.3 is 14.6 Å². The predicted octanol–water partition coefficient (Wildman–Crippen LogP) is 1.39. The minimum Gasteiger partial charge on any atom is -0.487 e. The summed E-state index contributed by atoms with van der Waals surface area (Å²) in [5, 5.41) is 2.98. The molecule has 1 N–H and O–H groups in total. The molecular formula is C16H18N4O2. The molecule has 22 heavy (non-hydrogen) atoms. The van der Waals surface area contributed by atoms with Crippen molar-refractivity contribution >= 4 is 11.6 Å². The van der Waals surface area contributed by atoms with Crippen molar-refractivity contribution < 1.29 is 9.53 Å². The number of nitrogens with zero attached hydrogens (tertiary/aromatic N) is 3. The monoisotopic (exact) mass is 298 g/mol. The topological polar surface area (TPSA) is 59.4 Å². The Kier molecular flexibility index (Phi) is 3.11. The van der Waals surface area contributed by atoms with Crippen LogP contribution in [-0.4, -0.2) is 39.0 Å². The summed E-state index contributed by atoms with van der Waals surface area (Å²) in [6.07, 6.45) is 4.45. The maximum Gasteiger partial charge on any atom is 0.241 e. The maximum absolute atomic E-state index is 12.6. The summed E-state index contributed by atoms with van der Waals surface area (Å²) < 4.78 is 8.06. The maximum atomic E-state index is 12.6. The quantitative estimate of drug-likeness (QED) is 0.910. The van der Waals surface area contributed by atoms with Crippen LogP contribution in [0.5, 0.6) is 5.75 Å². The minimum atomic E-state index is -0.171. The summed E-state index contributed by atoms with van der Waals surface area (Å²) in [6, 6.07) is 7.43. The number of imidazole rings is 1. The molecule has 2 aliphatic heterocycles. The van der Waals surface area contributed by atoms with Crippen LogP contribution in [0.3, 0.4) is 0 Å². The molecule has 0 radical (unpaired) electrons. The van der Waals surface area contributed by atoms with Crippen LogP contribution in [-0.2, 0) is 18.4 Å². The first-order chi connectivity index (χ1) is 10.7. The molecule has 2 aromatic rings. The summed E-state index contributed by atoms with van der Waals surface area (Å²) in [6.45, 7) is 1.39. The van der Waals surface area contributed by atoms with Gasteiger partial charge in [0.05, 0.1) is 18.3 Å². The van der Waals surface area contributed by atoms with Crippen molar-refractivity contribution in [3.63, 3.8) is 0 Å². The number of aromatic nitrogens is 2. The van der Waals surface area contributed by atoms with E-state index < -0.39 is 0 Å². The lowest BCUT2D eigenvalue weighted by molar-refractivity contribution is -0.120. The number of carbonyl (C=O) groups excluding carboxylic acids is 1. The zero-order valence-electron chi connectivity index (χ0n) is 12.4. The first-order valence-corrected chi connectivity index (χ1v) is 7.47. The Labute approximate surface area is 128 Å². The van der Waals surface area contributed by atoms with Crippen molar-refractivity contribution in [3.05, 3.63) is 42.5 Å². The Bertz CT molecular complexity index is 712. The molecule has 0 spiro atoms. The average molecular weight is 298 g/mol. The van der Waals surface area contributed by atoms with E-state index in [-0.39, 0.29) is 18.1 Å². The van der Waals surface area contributed by atoms with Crippen LogP contribution in [0.1, 0.15) is 12.2 Å². The van der Waals surface area contributed by atoms with Crippen LogP contribution < -0.4 is 10.1 Å². The van der Waals surface area contributed by atoms with Gasteiger partial charge in [-0.3, -0.25) is 9.69 Å². The van der Waals surface area contributed by atoms with Crippen LogP contribution in [0, 0.1) is 0 Å². The molecule has 6 heteroatoms. The van der Waals surface area contributed by atoms with E-state index in [4.69, 9.17) is 4.74 Å². The minimum absolute atomic E-state index is 0.0347. The van der Waals surface area contributed by atoms with E-state index in [2.05, 4.69) is 15.2 Å². The van der Waals surface area contributed by atoms with Gasteiger partial charge in [-0.15, -0.1) is 0 Å². The van der Waals surface area contributed by atoms with Crippen LogP contribution in [0.25, 0.3) is 0 Å². The van der Waals surface area contributed by atoms with E-state index in [1.807, 2.05) is 42.1 Å². The SMILES string of the molecule is Cn1ccnc1CN1CC2CC1C(=O)Nc1ccccc1O2. The van der Waals surface area contributed by atoms with Crippen molar-refractivity contribution in [2.75, 3.05) is 11.9 Å². The molecule has 2 unspecified atom stereocenters. The van der Waals surface area contributed by atoms with E-state index >= 15 is 0 Å². The van der Waals surface area contributed by atoms with Crippen molar-refractivity contribution in [2.24, 2.45) is 7.05 Å². The number of likely N-dealkylation sites (tertiary alicyclic amines) is 1. The Balaban J connectivity index is 1.60. The predicted molar refractivity (Wildman–Crippen MR) is 81.5 cm³/mol. The van der Waals surface area contributed by atoms with Crippen molar-refractivity contribution in [1.82, 2.24) is 14.5 Å². The molecule has 1 saturated heterocycles. The van der Waals surface area contributed by atoms with Gasteiger partial charge in [-0.25, -0.2) is 4.98 Å². The number of benzene rings is 1. The Morgan fingerprint density at radius 2 is 2.27 bits per heavy atom. The fourth-order valence-corrected chi connectivity index (χ4v) is 3.19. The van der Waals surface area contributed by atoms with Gasteiger partial charge in [0.1, 0.15) is 17.7 Å². The second kappa shape index (κ2) is 5.14. The number of fused-ring (bicyclic) bond motifs is 3. The number of nitrogens with one attached hydrogen (secondary N) is 1. The molecule has 1 amide bonds. The Morgan fingerprint density at radius 3 is 3.09 bits per heavy atom. The van der Waals surface area contributed by atoms with Crippen LogP contribution >= 0.6 is 0 Å². The van der Waals surface area contributed by atoms with Crippen molar-refractivity contribution in [2.45, 2.75) is 25.1 Å². The van der Waals surface area contributed by atoms with E-state index in [1.54, 1.807) is 6.20 Å². The molecule has 1 aromatic heterocycles.